The number of nitrogens with two attached hydrogens (primary N) is 1. The van der Waals surface area contributed by atoms with Gasteiger partial charge in [0.05, 0.1) is 0 Å². The molecule has 0 aliphatic heterocycles. The smallest absolute Gasteiger partial charge is 0.251 e. The molecule has 5 nitrogen and oxygen atoms in total. The molecule has 27 heavy (non-hydrogen) atoms. The van der Waals surface area contributed by atoms with Gasteiger partial charge in [0.25, 0.3) is 5.91 Å². The summed E-state index contributed by atoms with van der Waals surface area (Å²) < 4.78 is 0. The number of benzene rings is 3. The number of primary amides is 1. The second-order valence-corrected chi connectivity index (χ2v) is 6.38. The third-order valence-electron chi connectivity index (χ3n) is 4.65. The maximum absolute atomic E-state index is 12.6. The lowest BCUT2D eigenvalue weighted by molar-refractivity contribution is 0.0950. The Morgan fingerprint density at radius 2 is 1.52 bits per heavy atom. The summed E-state index contributed by atoms with van der Waals surface area (Å²) in [7, 11) is 0. The van der Waals surface area contributed by atoms with Crippen molar-refractivity contribution in [1.82, 2.24) is 5.32 Å². The van der Waals surface area contributed by atoms with Crippen molar-refractivity contribution >= 4 is 17.6 Å². The number of carbonyl (C=O) groups is 3. The second kappa shape index (κ2) is 6.53. The molecular formula is C22H16N2O3. The number of nitrogens with one attached hydrogen (secondary N) is 1. The van der Waals surface area contributed by atoms with Crippen LogP contribution >= 0.6 is 0 Å². The minimum Gasteiger partial charge on any atom is -0.366 e. The van der Waals surface area contributed by atoms with Crippen LogP contribution in [0.25, 0.3) is 11.1 Å². The maximum Gasteiger partial charge on any atom is 0.251 e. The minimum atomic E-state index is -0.514. The SMILES string of the molecule is NC(=O)c1cccc(CNC(=O)c2ccc3c(c2)C(=O)c2ccccc2-3)c1. The zero-order valence-corrected chi connectivity index (χ0v) is 14.4. The lowest BCUT2D eigenvalue weighted by Gasteiger charge is -2.08. The first-order valence-electron chi connectivity index (χ1n) is 8.49. The molecule has 0 heterocycles. The van der Waals surface area contributed by atoms with E-state index >= 15 is 0 Å². The number of hydrogen-bond donors (Lipinski definition) is 2. The third-order valence-corrected chi connectivity index (χ3v) is 4.65. The molecule has 0 radical (unpaired) electrons. The molecule has 5 heteroatoms. The highest BCUT2D eigenvalue weighted by molar-refractivity contribution is 6.22. The van der Waals surface area contributed by atoms with E-state index in [-0.39, 0.29) is 18.2 Å². The zero-order valence-electron chi connectivity index (χ0n) is 14.4. The van der Waals surface area contributed by atoms with Crippen molar-refractivity contribution in [3.05, 3.63) is 94.5 Å². The standard InChI is InChI=1S/C22H16N2O3/c23-21(26)14-5-3-4-13(10-14)12-24-22(27)15-8-9-17-16-6-1-2-7-18(16)20(25)19(17)11-15/h1-11H,12H2,(H2,23,26)(H,24,27). The molecule has 0 aromatic heterocycles. The van der Waals surface area contributed by atoms with Gasteiger partial charge in [-0.1, -0.05) is 42.5 Å². The van der Waals surface area contributed by atoms with Crippen molar-refractivity contribution in [2.24, 2.45) is 5.73 Å². The number of rotatable bonds is 4. The van der Waals surface area contributed by atoms with Gasteiger partial charge in [-0.25, -0.2) is 0 Å². The van der Waals surface area contributed by atoms with Crippen molar-refractivity contribution in [2.75, 3.05) is 0 Å². The Morgan fingerprint density at radius 3 is 2.30 bits per heavy atom. The number of ketones is 1. The van der Waals surface area contributed by atoms with Crippen molar-refractivity contribution in [3.8, 4) is 11.1 Å². The Morgan fingerprint density at radius 1 is 0.778 bits per heavy atom. The van der Waals surface area contributed by atoms with E-state index in [9.17, 15) is 14.4 Å². The van der Waals surface area contributed by atoms with E-state index in [4.69, 9.17) is 5.73 Å². The fourth-order valence-corrected chi connectivity index (χ4v) is 3.29. The molecule has 0 bridgehead atoms. The van der Waals surface area contributed by atoms with Gasteiger partial charge in [0.15, 0.2) is 5.78 Å². The quantitative estimate of drug-likeness (QED) is 0.589. The Labute approximate surface area is 155 Å². The van der Waals surface area contributed by atoms with Crippen molar-refractivity contribution in [1.29, 1.82) is 0 Å². The van der Waals surface area contributed by atoms with Crippen LogP contribution in [0, 0.1) is 0 Å². The van der Waals surface area contributed by atoms with Gasteiger partial charge in [0.1, 0.15) is 0 Å². The molecule has 0 spiro atoms. The summed E-state index contributed by atoms with van der Waals surface area (Å²) in [5.74, 6) is -0.865. The number of hydrogen-bond acceptors (Lipinski definition) is 3. The van der Waals surface area contributed by atoms with Crippen molar-refractivity contribution in [3.63, 3.8) is 0 Å². The van der Waals surface area contributed by atoms with E-state index in [1.807, 2.05) is 24.3 Å². The van der Waals surface area contributed by atoms with Gasteiger partial charge >= 0.3 is 0 Å². The molecular weight excluding hydrogens is 340 g/mol. The molecule has 1 aliphatic carbocycles. The first-order chi connectivity index (χ1) is 13.0. The van der Waals surface area contributed by atoms with Crippen LogP contribution < -0.4 is 11.1 Å². The molecule has 0 unspecified atom stereocenters. The summed E-state index contributed by atoms with van der Waals surface area (Å²) in [4.78, 5) is 36.3. The van der Waals surface area contributed by atoms with Gasteiger partial charge in [-0.3, -0.25) is 14.4 Å². The number of fused-ring (bicyclic) bond motifs is 3. The summed E-state index contributed by atoms with van der Waals surface area (Å²) in [6, 6.07) is 19.4. The highest BCUT2D eigenvalue weighted by atomic mass is 16.2. The number of amides is 2. The largest absolute Gasteiger partial charge is 0.366 e. The molecule has 3 aromatic rings. The van der Waals surface area contributed by atoms with Crippen molar-refractivity contribution < 1.29 is 14.4 Å². The minimum absolute atomic E-state index is 0.0654. The number of carbonyl (C=O) groups excluding carboxylic acids is 3. The monoisotopic (exact) mass is 356 g/mol. The zero-order chi connectivity index (χ0) is 19.0. The Hall–Kier alpha value is -3.73. The second-order valence-electron chi connectivity index (χ2n) is 6.38. The Bertz CT molecular complexity index is 1100. The normalized spacial score (nSPS) is 11.6. The van der Waals surface area contributed by atoms with Gasteiger partial charge in [-0.2, -0.15) is 0 Å². The third kappa shape index (κ3) is 3.00. The molecule has 3 N–H and O–H groups in total. The average Bonchev–Trinajstić information content (AvgIpc) is 2.98. The topological polar surface area (TPSA) is 89.3 Å². The lowest BCUT2D eigenvalue weighted by atomic mass is 10.0. The van der Waals surface area contributed by atoms with E-state index in [1.165, 1.54) is 0 Å². The van der Waals surface area contributed by atoms with Crippen LogP contribution in [0.4, 0.5) is 0 Å². The van der Waals surface area contributed by atoms with Crippen LogP contribution in [0.15, 0.2) is 66.7 Å². The summed E-state index contributed by atoms with van der Waals surface area (Å²) in [5.41, 5.74) is 9.80. The van der Waals surface area contributed by atoms with Crippen molar-refractivity contribution in [2.45, 2.75) is 6.54 Å². The lowest BCUT2D eigenvalue weighted by Crippen LogP contribution is -2.23. The van der Waals surface area contributed by atoms with Crippen LogP contribution in [0.3, 0.4) is 0 Å². The van der Waals surface area contributed by atoms with Gasteiger partial charge in [-0.15, -0.1) is 0 Å². The van der Waals surface area contributed by atoms with Gasteiger partial charge < -0.3 is 11.1 Å². The van der Waals surface area contributed by atoms with Crippen LogP contribution in [-0.2, 0) is 6.54 Å². The predicted octanol–water partition coefficient (Wildman–Crippen LogP) is 2.93. The highest BCUT2D eigenvalue weighted by Gasteiger charge is 2.26. The van der Waals surface area contributed by atoms with E-state index < -0.39 is 5.91 Å². The fourth-order valence-electron chi connectivity index (χ4n) is 3.29. The predicted molar refractivity (Wildman–Crippen MR) is 101 cm³/mol. The summed E-state index contributed by atoms with van der Waals surface area (Å²) in [6.45, 7) is 0.255. The summed E-state index contributed by atoms with van der Waals surface area (Å²) in [5, 5.41) is 2.81. The molecule has 4 rings (SSSR count). The Balaban J connectivity index is 1.53. The molecule has 0 atom stereocenters. The molecule has 0 fully saturated rings. The maximum atomic E-state index is 12.6. The first kappa shape index (κ1) is 16.7. The molecule has 0 saturated carbocycles. The molecule has 2 amide bonds. The average molecular weight is 356 g/mol. The van der Waals surface area contributed by atoms with E-state index in [2.05, 4.69) is 5.32 Å². The van der Waals surface area contributed by atoms with Gasteiger partial charge in [0, 0.05) is 28.8 Å². The fraction of sp³-hybridized carbons (Fsp3) is 0.0455. The van der Waals surface area contributed by atoms with Crippen LogP contribution in [0.5, 0.6) is 0 Å². The van der Waals surface area contributed by atoms with Crippen LogP contribution in [0.1, 0.15) is 42.2 Å². The molecule has 0 saturated heterocycles. The van der Waals surface area contributed by atoms with Gasteiger partial charge in [0.2, 0.25) is 5.91 Å². The molecule has 132 valence electrons. The molecule has 3 aromatic carbocycles. The highest BCUT2D eigenvalue weighted by Crippen LogP contribution is 2.36. The summed E-state index contributed by atoms with van der Waals surface area (Å²) in [6.07, 6.45) is 0. The van der Waals surface area contributed by atoms with Crippen LogP contribution in [0.2, 0.25) is 0 Å². The van der Waals surface area contributed by atoms with E-state index in [0.29, 0.717) is 22.3 Å². The van der Waals surface area contributed by atoms with Crippen LogP contribution in [-0.4, -0.2) is 17.6 Å². The first-order valence-corrected chi connectivity index (χ1v) is 8.49. The Kier molecular flexibility index (Phi) is 4.05. The summed E-state index contributed by atoms with van der Waals surface area (Å²) >= 11 is 0. The molecule has 1 aliphatic rings. The van der Waals surface area contributed by atoms with E-state index in [1.54, 1.807) is 42.5 Å². The van der Waals surface area contributed by atoms with Gasteiger partial charge in [-0.05, 0) is 41.0 Å². The van der Waals surface area contributed by atoms with E-state index in [0.717, 1.165) is 16.7 Å².